The number of aldehydes is 1. The SMILES string of the molecule is CN1C[C@@H](CCl)c2c1cc(O)c1cccc(C=O)c21. The zero-order valence-electron chi connectivity index (χ0n) is 10.6. The number of anilines is 1. The number of aromatic hydroxyl groups is 1. The lowest BCUT2D eigenvalue weighted by atomic mass is 9.92. The normalized spacial score (nSPS) is 17.8. The van der Waals surface area contributed by atoms with E-state index >= 15 is 0 Å². The Balaban J connectivity index is 2.46. The molecule has 1 heterocycles. The van der Waals surface area contributed by atoms with E-state index in [2.05, 4.69) is 4.90 Å². The zero-order chi connectivity index (χ0) is 13.6. The van der Waals surface area contributed by atoms with Gasteiger partial charge in [-0.25, -0.2) is 0 Å². The third-order valence-corrected chi connectivity index (χ3v) is 4.19. The van der Waals surface area contributed by atoms with E-state index in [0.717, 1.165) is 29.5 Å². The van der Waals surface area contributed by atoms with Crippen LogP contribution in [0.15, 0.2) is 24.3 Å². The van der Waals surface area contributed by atoms with Crippen LogP contribution in [0.2, 0.25) is 0 Å². The molecule has 1 atom stereocenters. The number of hydrogen-bond donors (Lipinski definition) is 1. The van der Waals surface area contributed by atoms with Crippen molar-refractivity contribution in [3.63, 3.8) is 0 Å². The molecular formula is C15H14ClNO2. The van der Waals surface area contributed by atoms with Crippen LogP contribution in [0.3, 0.4) is 0 Å². The summed E-state index contributed by atoms with van der Waals surface area (Å²) in [6, 6.07) is 7.16. The second kappa shape index (κ2) is 4.42. The zero-order valence-corrected chi connectivity index (χ0v) is 11.3. The van der Waals surface area contributed by atoms with Crippen molar-refractivity contribution in [1.29, 1.82) is 0 Å². The summed E-state index contributed by atoms with van der Waals surface area (Å²) >= 11 is 6.06. The molecule has 0 fully saturated rings. The second-order valence-electron chi connectivity index (χ2n) is 4.95. The summed E-state index contributed by atoms with van der Waals surface area (Å²) in [7, 11) is 1.97. The van der Waals surface area contributed by atoms with Crippen LogP contribution in [0.5, 0.6) is 5.75 Å². The van der Waals surface area contributed by atoms with Crippen LogP contribution in [-0.4, -0.2) is 30.9 Å². The largest absolute Gasteiger partial charge is 0.507 e. The highest BCUT2D eigenvalue weighted by atomic mass is 35.5. The number of rotatable bonds is 2. The topological polar surface area (TPSA) is 40.5 Å². The molecule has 4 heteroatoms. The van der Waals surface area contributed by atoms with Gasteiger partial charge in [-0.3, -0.25) is 4.79 Å². The number of hydrogen-bond acceptors (Lipinski definition) is 3. The van der Waals surface area contributed by atoms with Crippen LogP contribution >= 0.6 is 11.6 Å². The van der Waals surface area contributed by atoms with Gasteiger partial charge in [0.2, 0.25) is 0 Å². The molecule has 3 nitrogen and oxygen atoms in total. The molecule has 0 aromatic heterocycles. The van der Waals surface area contributed by atoms with Crippen LogP contribution in [0.4, 0.5) is 5.69 Å². The van der Waals surface area contributed by atoms with Gasteiger partial charge in [-0.15, -0.1) is 11.6 Å². The summed E-state index contributed by atoms with van der Waals surface area (Å²) < 4.78 is 0. The van der Waals surface area contributed by atoms with E-state index in [-0.39, 0.29) is 11.7 Å². The number of likely N-dealkylation sites (N-methyl/N-ethyl adjacent to an activating group) is 1. The molecule has 0 unspecified atom stereocenters. The number of phenolic OH excluding ortho intramolecular Hbond substituents is 1. The number of halogens is 1. The molecule has 0 bridgehead atoms. The van der Waals surface area contributed by atoms with Crippen LogP contribution in [-0.2, 0) is 0 Å². The Kier molecular flexibility index (Phi) is 2.86. The molecule has 1 aliphatic rings. The summed E-state index contributed by atoms with van der Waals surface area (Å²) in [5.41, 5.74) is 2.65. The van der Waals surface area contributed by atoms with Gasteiger partial charge in [0.1, 0.15) is 5.75 Å². The number of fused-ring (bicyclic) bond motifs is 3. The number of alkyl halides is 1. The van der Waals surface area contributed by atoms with Gasteiger partial charge < -0.3 is 10.0 Å². The monoisotopic (exact) mass is 275 g/mol. The quantitative estimate of drug-likeness (QED) is 0.676. The van der Waals surface area contributed by atoms with Crippen LogP contribution in [0.1, 0.15) is 21.8 Å². The Hall–Kier alpha value is -1.74. The molecular weight excluding hydrogens is 262 g/mol. The Bertz CT molecular complexity index is 669. The molecule has 0 aliphatic carbocycles. The van der Waals surface area contributed by atoms with Crippen molar-refractivity contribution in [2.75, 3.05) is 24.4 Å². The molecule has 2 aromatic rings. The number of benzene rings is 2. The molecule has 0 spiro atoms. The van der Waals surface area contributed by atoms with Crippen molar-refractivity contribution in [2.24, 2.45) is 0 Å². The molecule has 0 saturated carbocycles. The number of nitrogens with zero attached hydrogens (tertiary/aromatic N) is 1. The lowest BCUT2D eigenvalue weighted by molar-refractivity contribution is 0.112. The summed E-state index contributed by atoms with van der Waals surface area (Å²) in [4.78, 5) is 13.4. The van der Waals surface area contributed by atoms with Crippen molar-refractivity contribution >= 4 is 34.3 Å². The standard InChI is InChI=1S/C15H14ClNO2/c1-17-7-10(6-16)15-12(17)5-13(19)11-4-2-3-9(8-18)14(11)15/h2-5,8,10,19H,6-7H2,1H3/t10-/m1/s1. The maximum Gasteiger partial charge on any atom is 0.150 e. The minimum absolute atomic E-state index is 0.186. The van der Waals surface area contributed by atoms with Crippen LogP contribution in [0.25, 0.3) is 10.8 Å². The van der Waals surface area contributed by atoms with Crippen molar-refractivity contribution < 1.29 is 9.90 Å². The average Bonchev–Trinajstić information content (AvgIpc) is 2.75. The highest BCUT2D eigenvalue weighted by Crippen LogP contribution is 2.45. The maximum absolute atomic E-state index is 11.3. The molecule has 1 aliphatic heterocycles. The van der Waals surface area contributed by atoms with E-state index in [9.17, 15) is 9.90 Å². The van der Waals surface area contributed by atoms with E-state index in [4.69, 9.17) is 11.6 Å². The summed E-state index contributed by atoms with van der Waals surface area (Å²) in [5, 5.41) is 11.7. The molecule has 0 amide bonds. The lowest BCUT2D eigenvalue weighted by Crippen LogP contribution is -2.15. The first-order chi connectivity index (χ1) is 9.17. The Labute approximate surface area is 116 Å². The fourth-order valence-corrected chi connectivity index (χ4v) is 3.22. The van der Waals surface area contributed by atoms with Crippen molar-refractivity contribution in [3.05, 3.63) is 35.4 Å². The number of carbonyl (C=O) groups is 1. The lowest BCUT2D eigenvalue weighted by Gasteiger charge is -2.14. The van der Waals surface area contributed by atoms with Crippen molar-refractivity contribution in [1.82, 2.24) is 0 Å². The van der Waals surface area contributed by atoms with E-state index < -0.39 is 0 Å². The minimum atomic E-state index is 0.186. The molecule has 98 valence electrons. The molecule has 19 heavy (non-hydrogen) atoms. The first kappa shape index (κ1) is 12.3. The second-order valence-corrected chi connectivity index (χ2v) is 5.26. The van der Waals surface area contributed by atoms with E-state index in [0.29, 0.717) is 16.8 Å². The highest BCUT2D eigenvalue weighted by molar-refractivity contribution is 6.19. The fourth-order valence-electron chi connectivity index (χ4n) is 2.97. The predicted molar refractivity (Wildman–Crippen MR) is 77.7 cm³/mol. The van der Waals surface area contributed by atoms with Gasteiger partial charge in [-0.2, -0.15) is 0 Å². The molecule has 0 saturated heterocycles. The van der Waals surface area contributed by atoms with Crippen molar-refractivity contribution in [2.45, 2.75) is 5.92 Å². The fraction of sp³-hybridized carbons (Fsp3) is 0.267. The van der Waals surface area contributed by atoms with E-state index in [1.54, 1.807) is 18.2 Å². The molecule has 0 radical (unpaired) electrons. The van der Waals surface area contributed by atoms with Gasteiger partial charge in [0.05, 0.1) is 0 Å². The number of phenols is 1. The average molecular weight is 276 g/mol. The first-order valence-electron chi connectivity index (χ1n) is 6.18. The maximum atomic E-state index is 11.3. The summed E-state index contributed by atoms with van der Waals surface area (Å²) in [6.07, 6.45) is 0.839. The van der Waals surface area contributed by atoms with Gasteiger partial charge in [0, 0.05) is 53.5 Å². The highest BCUT2D eigenvalue weighted by Gasteiger charge is 2.29. The van der Waals surface area contributed by atoms with Gasteiger partial charge in [-0.1, -0.05) is 18.2 Å². The smallest absolute Gasteiger partial charge is 0.150 e. The van der Waals surface area contributed by atoms with Crippen molar-refractivity contribution in [3.8, 4) is 5.75 Å². The van der Waals surface area contributed by atoms with Crippen LogP contribution < -0.4 is 4.90 Å². The molecule has 3 rings (SSSR count). The van der Waals surface area contributed by atoms with Gasteiger partial charge in [0.15, 0.2) is 6.29 Å². The third kappa shape index (κ3) is 1.69. The Morgan fingerprint density at radius 2 is 2.32 bits per heavy atom. The molecule has 2 aromatic carbocycles. The van der Waals surface area contributed by atoms with Gasteiger partial charge in [0.25, 0.3) is 0 Å². The number of carbonyl (C=O) groups excluding carboxylic acids is 1. The van der Waals surface area contributed by atoms with E-state index in [1.165, 1.54) is 0 Å². The summed E-state index contributed by atoms with van der Waals surface area (Å²) in [5.74, 6) is 0.898. The van der Waals surface area contributed by atoms with E-state index in [1.807, 2.05) is 13.1 Å². The Morgan fingerprint density at radius 1 is 1.53 bits per heavy atom. The Morgan fingerprint density at radius 3 is 3.00 bits per heavy atom. The van der Waals surface area contributed by atoms with Crippen LogP contribution in [0, 0.1) is 0 Å². The predicted octanol–water partition coefficient (Wildman–Crippen LogP) is 3.13. The third-order valence-electron chi connectivity index (χ3n) is 3.82. The minimum Gasteiger partial charge on any atom is -0.507 e. The first-order valence-corrected chi connectivity index (χ1v) is 6.71. The van der Waals surface area contributed by atoms with Gasteiger partial charge >= 0.3 is 0 Å². The van der Waals surface area contributed by atoms with Gasteiger partial charge in [-0.05, 0) is 5.56 Å². The molecule has 1 N–H and O–H groups in total. The summed E-state index contributed by atoms with van der Waals surface area (Å²) in [6.45, 7) is 0.810.